The zero-order valence-electron chi connectivity index (χ0n) is 20.4. The Morgan fingerprint density at radius 3 is 2.59 bits per heavy atom. The normalized spacial score (nSPS) is 27.6. The lowest BCUT2D eigenvalue weighted by Crippen LogP contribution is -2.63. The average Bonchev–Trinajstić information content (AvgIpc) is 3.14. The van der Waals surface area contributed by atoms with Crippen LogP contribution in [0.3, 0.4) is 0 Å². The highest BCUT2D eigenvalue weighted by Crippen LogP contribution is 2.68. The second kappa shape index (κ2) is 7.70. The molecule has 6 nitrogen and oxygen atoms in total. The molecule has 1 saturated heterocycles. The molecule has 1 amide bonds. The Kier molecular flexibility index (Phi) is 5.24. The maximum absolute atomic E-state index is 14.5. The molecule has 1 N–H and O–H groups in total. The minimum Gasteiger partial charge on any atom is -0.444 e. The van der Waals surface area contributed by atoms with E-state index in [-0.39, 0.29) is 40.1 Å². The quantitative estimate of drug-likeness (QED) is 0.684. The first-order chi connectivity index (χ1) is 16.0. The maximum atomic E-state index is 14.5. The van der Waals surface area contributed by atoms with Crippen LogP contribution in [-0.4, -0.2) is 52.5 Å². The van der Waals surface area contributed by atoms with Crippen molar-refractivity contribution in [2.45, 2.75) is 70.4 Å². The van der Waals surface area contributed by atoms with Crippen LogP contribution in [0.15, 0.2) is 24.3 Å². The van der Waals surface area contributed by atoms with E-state index in [0.29, 0.717) is 19.6 Å². The van der Waals surface area contributed by atoms with Crippen molar-refractivity contribution in [1.82, 2.24) is 20.4 Å². The predicted molar refractivity (Wildman–Crippen MR) is 124 cm³/mol. The number of hydrogen-bond donors (Lipinski definition) is 1. The number of carbonyl (C=O) groups excluding carboxylic acids is 1. The van der Waals surface area contributed by atoms with Gasteiger partial charge in [-0.1, -0.05) is 19.9 Å². The molecule has 1 aromatic heterocycles. The molecule has 3 atom stereocenters. The van der Waals surface area contributed by atoms with Crippen LogP contribution in [0, 0.1) is 17.0 Å². The van der Waals surface area contributed by atoms with Crippen molar-refractivity contribution in [3.05, 3.63) is 47.2 Å². The first-order valence-corrected chi connectivity index (χ1v) is 12.0. The summed E-state index contributed by atoms with van der Waals surface area (Å²) in [6.07, 6.45) is 1.56. The number of amides is 1. The standard InChI is InChI=1S/C26H32F2N4O2/c1-24(2,3)34-23(33)32-12-11-29-20(14-32)26-10-9-16(25(26,4)5)15-13-19(30-31-22(15)26)21-17(27)7-6-8-18(21)28/h6-8,13,16,20,29H,9-12,14H2,1-5H3. The van der Waals surface area contributed by atoms with E-state index in [4.69, 9.17) is 4.74 Å². The number of halogens is 2. The topological polar surface area (TPSA) is 67.3 Å². The molecule has 1 aromatic carbocycles. The third-order valence-electron chi connectivity index (χ3n) is 8.11. The number of benzene rings is 1. The number of piperazine rings is 1. The molecule has 2 aromatic rings. The van der Waals surface area contributed by atoms with Crippen LogP contribution < -0.4 is 5.32 Å². The number of rotatable bonds is 2. The van der Waals surface area contributed by atoms with Gasteiger partial charge >= 0.3 is 6.09 Å². The number of carbonyl (C=O) groups is 1. The van der Waals surface area contributed by atoms with Crippen molar-refractivity contribution >= 4 is 6.09 Å². The summed E-state index contributed by atoms with van der Waals surface area (Å²) in [4.78, 5) is 14.6. The number of nitrogens with zero attached hydrogens (tertiary/aromatic N) is 3. The summed E-state index contributed by atoms with van der Waals surface area (Å²) >= 11 is 0. The molecule has 3 unspecified atom stereocenters. The third kappa shape index (κ3) is 3.33. The second-order valence-corrected chi connectivity index (χ2v) is 11.3. The molecule has 34 heavy (non-hydrogen) atoms. The Morgan fingerprint density at radius 1 is 1.21 bits per heavy atom. The van der Waals surface area contributed by atoms with E-state index in [2.05, 4.69) is 29.4 Å². The zero-order chi connectivity index (χ0) is 24.5. The monoisotopic (exact) mass is 470 g/mol. The Labute approximate surface area is 199 Å². The predicted octanol–water partition coefficient (Wildman–Crippen LogP) is 4.79. The van der Waals surface area contributed by atoms with E-state index < -0.39 is 17.2 Å². The van der Waals surface area contributed by atoms with Crippen LogP contribution in [0.1, 0.15) is 64.6 Å². The molecule has 2 heterocycles. The summed E-state index contributed by atoms with van der Waals surface area (Å²) < 4.78 is 34.6. The fourth-order valence-corrected chi connectivity index (χ4v) is 6.58. The van der Waals surface area contributed by atoms with Gasteiger partial charge in [-0.15, -0.1) is 0 Å². The lowest BCUT2D eigenvalue weighted by molar-refractivity contribution is 0.0110. The Bertz CT molecular complexity index is 1130. The fraction of sp³-hybridized carbons (Fsp3) is 0.577. The van der Waals surface area contributed by atoms with Crippen LogP contribution in [0.5, 0.6) is 0 Å². The molecular weight excluding hydrogens is 438 g/mol. The summed E-state index contributed by atoms with van der Waals surface area (Å²) in [5, 5.41) is 12.6. The minimum atomic E-state index is -0.645. The number of hydrogen-bond acceptors (Lipinski definition) is 5. The second-order valence-electron chi connectivity index (χ2n) is 11.3. The Hall–Kier alpha value is -2.61. The van der Waals surface area contributed by atoms with Crippen molar-refractivity contribution in [2.24, 2.45) is 5.41 Å². The Morgan fingerprint density at radius 2 is 1.91 bits per heavy atom. The van der Waals surface area contributed by atoms with Crippen molar-refractivity contribution in [2.75, 3.05) is 19.6 Å². The maximum Gasteiger partial charge on any atom is 0.410 e. The van der Waals surface area contributed by atoms with Crippen molar-refractivity contribution in [3.63, 3.8) is 0 Å². The van der Waals surface area contributed by atoms with E-state index >= 15 is 0 Å². The fourth-order valence-electron chi connectivity index (χ4n) is 6.58. The average molecular weight is 471 g/mol. The molecule has 2 fully saturated rings. The molecule has 3 aliphatic rings. The summed E-state index contributed by atoms with van der Waals surface area (Å²) in [5.74, 6) is -1.09. The molecule has 1 aliphatic heterocycles. The molecule has 1 saturated carbocycles. The van der Waals surface area contributed by atoms with Crippen LogP contribution in [0.25, 0.3) is 11.3 Å². The van der Waals surface area contributed by atoms with Gasteiger partial charge in [0.2, 0.25) is 0 Å². The molecular formula is C26H32F2N4O2. The van der Waals surface area contributed by atoms with Gasteiger partial charge in [0.25, 0.3) is 0 Å². The first kappa shape index (κ1) is 23.1. The highest BCUT2D eigenvalue weighted by molar-refractivity contribution is 5.68. The first-order valence-electron chi connectivity index (χ1n) is 12.0. The van der Waals surface area contributed by atoms with Crippen LogP contribution in [0.2, 0.25) is 0 Å². The number of nitrogens with one attached hydrogen (secondary N) is 1. The molecule has 0 radical (unpaired) electrons. The SMILES string of the molecule is CC(C)(C)OC(=O)N1CCNC(C23CCC(c4cc(-c5c(F)cccc5F)nnc42)C3(C)C)C1. The Balaban J connectivity index is 1.53. The van der Waals surface area contributed by atoms with Gasteiger partial charge in [0, 0.05) is 31.1 Å². The highest BCUT2D eigenvalue weighted by atomic mass is 19.1. The molecule has 182 valence electrons. The molecule has 0 spiro atoms. The largest absolute Gasteiger partial charge is 0.444 e. The number of aromatic nitrogens is 2. The van der Waals surface area contributed by atoms with Gasteiger partial charge in [0.1, 0.15) is 17.2 Å². The van der Waals surface area contributed by atoms with Crippen LogP contribution in [0.4, 0.5) is 13.6 Å². The van der Waals surface area contributed by atoms with E-state index in [1.807, 2.05) is 26.8 Å². The molecule has 2 aliphatic carbocycles. The summed E-state index contributed by atoms with van der Waals surface area (Å²) in [5.41, 5.74) is 0.923. The van der Waals surface area contributed by atoms with Gasteiger partial charge in [0.05, 0.1) is 17.0 Å². The van der Waals surface area contributed by atoms with Gasteiger partial charge in [-0.25, -0.2) is 13.6 Å². The lowest BCUT2D eigenvalue weighted by Gasteiger charge is -2.48. The number of ether oxygens (including phenoxy) is 1. The molecule has 8 heteroatoms. The van der Waals surface area contributed by atoms with E-state index in [1.54, 1.807) is 4.90 Å². The van der Waals surface area contributed by atoms with Gasteiger partial charge in [-0.3, -0.25) is 0 Å². The zero-order valence-corrected chi connectivity index (χ0v) is 20.4. The minimum absolute atomic E-state index is 0.0274. The van der Waals surface area contributed by atoms with Gasteiger partial charge in [-0.05, 0) is 68.7 Å². The third-order valence-corrected chi connectivity index (χ3v) is 8.11. The summed E-state index contributed by atoms with van der Waals surface area (Å²) in [6, 6.07) is 5.62. The molecule has 2 bridgehead atoms. The summed E-state index contributed by atoms with van der Waals surface area (Å²) in [7, 11) is 0. The van der Waals surface area contributed by atoms with Crippen LogP contribution in [-0.2, 0) is 10.2 Å². The van der Waals surface area contributed by atoms with E-state index in [0.717, 1.165) is 24.1 Å². The highest BCUT2D eigenvalue weighted by Gasteiger charge is 2.66. The smallest absolute Gasteiger partial charge is 0.410 e. The van der Waals surface area contributed by atoms with Crippen LogP contribution >= 0.6 is 0 Å². The van der Waals surface area contributed by atoms with Gasteiger partial charge in [0.15, 0.2) is 0 Å². The van der Waals surface area contributed by atoms with Crippen molar-refractivity contribution in [3.8, 4) is 11.3 Å². The lowest BCUT2D eigenvalue weighted by atomic mass is 9.63. The van der Waals surface area contributed by atoms with Gasteiger partial charge < -0.3 is 15.0 Å². The number of fused-ring (bicyclic) bond motifs is 5. The van der Waals surface area contributed by atoms with E-state index in [9.17, 15) is 13.6 Å². The van der Waals surface area contributed by atoms with Crippen molar-refractivity contribution in [1.29, 1.82) is 0 Å². The van der Waals surface area contributed by atoms with E-state index in [1.165, 1.54) is 18.2 Å². The summed E-state index contributed by atoms with van der Waals surface area (Å²) in [6.45, 7) is 11.8. The van der Waals surface area contributed by atoms with Gasteiger partial charge in [-0.2, -0.15) is 10.2 Å². The van der Waals surface area contributed by atoms with Crippen molar-refractivity contribution < 1.29 is 18.3 Å². The molecule has 5 rings (SSSR count).